The normalized spacial score (nSPS) is 12.9. The number of carbonyl (C=O) groups is 3. The number of nitrogens with zero attached hydrogens (tertiary/aromatic N) is 4. The molecule has 2 aromatic rings. The largest absolute Gasteiger partial charge is 0.497 e. The molecular weight excluding hydrogens is 779 g/mol. The molecule has 0 aliphatic carbocycles. The molecule has 0 aromatic heterocycles. The molecule has 1 unspecified atom stereocenters. The minimum atomic E-state index is -3.79. The van der Waals surface area contributed by atoms with Crippen LogP contribution in [0.25, 0.3) is 0 Å². The highest BCUT2D eigenvalue weighted by molar-refractivity contribution is 7.87. The SMILES string of the molecule is CC.CC.CCCC.CCCC(C)c1ccc(C(=O)NS(=O)(=O)N(C)C)cc1N(C)C.COc1ccc(C(C)C)c(CCNC(=O)N2CCN(CC(=O)NC(C)C)CC2)c1. The molecule has 13 nitrogen and oxygen atoms in total. The molecule has 4 amide bonds. The van der Waals surface area contributed by atoms with Gasteiger partial charge in [-0.25, -0.2) is 9.52 Å². The Morgan fingerprint density at radius 2 is 1.37 bits per heavy atom. The highest BCUT2D eigenvalue weighted by Crippen LogP contribution is 2.30. The van der Waals surface area contributed by atoms with Crippen molar-refractivity contribution < 1.29 is 27.5 Å². The first kappa shape index (κ1) is 58.2. The summed E-state index contributed by atoms with van der Waals surface area (Å²) in [7, 11) is 4.44. The molecule has 0 saturated carbocycles. The second kappa shape index (κ2) is 31.9. The molecule has 1 heterocycles. The van der Waals surface area contributed by atoms with Crippen molar-refractivity contribution in [1.29, 1.82) is 0 Å². The first-order chi connectivity index (χ1) is 28.3. The molecule has 3 rings (SSSR count). The van der Waals surface area contributed by atoms with Gasteiger partial charge in [-0.2, -0.15) is 12.7 Å². The number of rotatable bonds is 16. The lowest BCUT2D eigenvalue weighted by Crippen LogP contribution is -2.53. The van der Waals surface area contributed by atoms with Gasteiger partial charge >= 0.3 is 16.2 Å². The van der Waals surface area contributed by atoms with Crippen molar-refractivity contribution in [2.24, 2.45) is 0 Å². The molecule has 1 saturated heterocycles. The van der Waals surface area contributed by atoms with Crippen LogP contribution in [0.2, 0.25) is 0 Å². The number of piperazine rings is 1. The van der Waals surface area contributed by atoms with E-state index < -0.39 is 16.1 Å². The van der Waals surface area contributed by atoms with Crippen molar-refractivity contribution in [3.63, 3.8) is 0 Å². The average Bonchev–Trinajstić information content (AvgIpc) is 3.22. The number of unbranched alkanes of at least 4 members (excludes halogenated alkanes) is 1. The van der Waals surface area contributed by atoms with Gasteiger partial charge in [0.25, 0.3) is 5.91 Å². The van der Waals surface area contributed by atoms with E-state index >= 15 is 0 Å². The van der Waals surface area contributed by atoms with Crippen molar-refractivity contribution in [3.8, 4) is 5.75 Å². The topological polar surface area (TPSA) is 144 Å². The Balaban J connectivity index is 0. The summed E-state index contributed by atoms with van der Waals surface area (Å²) in [4.78, 5) is 42.4. The van der Waals surface area contributed by atoms with Crippen molar-refractivity contribution in [3.05, 3.63) is 58.7 Å². The third-order valence-corrected chi connectivity index (χ3v) is 10.8. The first-order valence-electron chi connectivity index (χ1n) is 22.1. The quantitative estimate of drug-likeness (QED) is 0.153. The zero-order valence-corrected chi connectivity index (χ0v) is 41.4. The molecule has 60 heavy (non-hydrogen) atoms. The smallest absolute Gasteiger partial charge is 0.317 e. The van der Waals surface area contributed by atoms with E-state index in [-0.39, 0.29) is 18.0 Å². The average molecular weight is 864 g/mol. The fraction of sp³-hybridized carbons (Fsp3) is 0.674. The summed E-state index contributed by atoms with van der Waals surface area (Å²) in [5.41, 5.74) is 4.91. The summed E-state index contributed by atoms with van der Waals surface area (Å²) in [5, 5.41) is 5.94. The molecule has 0 spiro atoms. The van der Waals surface area contributed by atoms with Crippen LogP contribution in [0.5, 0.6) is 5.75 Å². The Bertz CT molecular complexity index is 1610. The van der Waals surface area contributed by atoms with Crippen LogP contribution in [0, 0.1) is 0 Å². The van der Waals surface area contributed by atoms with Crippen LogP contribution in [-0.2, 0) is 21.4 Å². The molecule has 1 fully saturated rings. The van der Waals surface area contributed by atoms with Crippen LogP contribution in [0.15, 0.2) is 36.4 Å². The number of amides is 4. The number of benzene rings is 2. The fourth-order valence-corrected chi connectivity index (χ4v) is 6.46. The summed E-state index contributed by atoms with van der Waals surface area (Å²) in [6, 6.07) is 11.6. The van der Waals surface area contributed by atoms with Gasteiger partial charge in [0, 0.05) is 78.2 Å². The van der Waals surface area contributed by atoms with E-state index in [0.29, 0.717) is 56.7 Å². The van der Waals surface area contributed by atoms with Gasteiger partial charge in [0.05, 0.1) is 13.7 Å². The Kier molecular flexibility index (Phi) is 31.0. The molecule has 346 valence electrons. The summed E-state index contributed by atoms with van der Waals surface area (Å²) in [6.45, 7) is 28.6. The molecule has 1 atom stereocenters. The lowest BCUT2D eigenvalue weighted by Gasteiger charge is -2.34. The van der Waals surface area contributed by atoms with E-state index in [4.69, 9.17) is 4.74 Å². The van der Waals surface area contributed by atoms with Crippen molar-refractivity contribution >= 4 is 33.7 Å². The summed E-state index contributed by atoms with van der Waals surface area (Å²) in [6.07, 6.45) is 5.55. The minimum absolute atomic E-state index is 0.0368. The Labute approximate surface area is 366 Å². The van der Waals surface area contributed by atoms with Gasteiger partial charge in [-0.05, 0) is 79.5 Å². The Hall–Kier alpha value is -3.88. The number of ether oxygens (including phenoxy) is 1. The Morgan fingerprint density at radius 1 is 0.800 bits per heavy atom. The fourth-order valence-electron chi connectivity index (χ4n) is 5.93. The van der Waals surface area contributed by atoms with Crippen LogP contribution < -0.4 is 25.0 Å². The van der Waals surface area contributed by atoms with Crippen molar-refractivity contribution in [2.75, 3.05) is 79.5 Å². The van der Waals surface area contributed by atoms with Gasteiger partial charge in [0.1, 0.15) is 5.75 Å². The maximum atomic E-state index is 12.5. The van der Waals surface area contributed by atoms with E-state index in [0.717, 1.165) is 40.6 Å². The van der Waals surface area contributed by atoms with E-state index in [1.807, 2.05) is 77.6 Å². The molecule has 2 aromatic carbocycles. The van der Waals surface area contributed by atoms with E-state index in [9.17, 15) is 22.8 Å². The molecule has 1 aliphatic heterocycles. The summed E-state index contributed by atoms with van der Waals surface area (Å²) >= 11 is 0. The van der Waals surface area contributed by atoms with Gasteiger partial charge in [0.2, 0.25) is 5.91 Å². The predicted molar refractivity (Wildman–Crippen MR) is 253 cm³/mol. The maximum absolute atomic E-state index is 12.5. The zero-order valence-electron chi connectivity index (χ0n) is 40.6. The first-order valence-corrected chi connectivity index (χ1v) is 23.5. The van der Waals surface area contributed by atoms with Crippen LogP contribution in [-0.4, -0.2) is 121 Å². The van der Waals surface area contributed by atoms with Crippen LogP contribution in [0.3, 0.4) is 0 Å². The highest BCUT2D eigenvalue weighted by Gasteiger charge is 2.23. The Morgan fingerprint density at radius 3 is 1.83 bits per heavy atom. The molecule has 0 radical (unpaired) electrons. The maximum Gasteiger partial charge on any atom is 0.317 e. The predicted octanol–water partition coefficient (Wildman–Crippen LogP) is 8.26. The van der Waals surface area contributed by atoms with Crippen molar-refractivity contribution in [2.45, 2.75) is 133 Å². The number of carbonyl (C=O) groups excluding carboxylic acids is 3. The van der Waals surface area contributed by atoms with Crippen LogP contribution >= 0.6 is 0 Å². The van der Waals surface area contributed by atoms with E-state index in [1.165, 1.54) is 38.1 Å². The van der Waals surface area contributed by atoms with Crippen LogP contribution in [0.1, 0.15) is 148 Å². The van der Waals surface area contributed by atoms with Gasteiger partial charge in [-0.3, -0.25) is 14.5 Å². The standard InChI is InChI=1S/C22H36N4O3.C16H27N3O3S.C4H10.2C2H6/c1-16(2)20-7-6-19(29-5)14-18(20)8-9-23-22(28)26-12-10-25(11-13-26)15-21(27)24-17(3)4;1-7-8-12(2)14-10-9-13(11-15(14)18(3)4)16(20)17-23(21,22)19(5)6;1-3-4-2;2*1-2/h6-7,14,16-17H,8-13,15H2,1-5H3,(H,23,28)(H,24,27);9-12H,7-8H2,1-6H3,(H,17,20);3-4H2,1-2H3;2*1-2H3. The number of anilines is 1. The molecule has 1 aliphatic rings. The van der Waals surface area contributed by atoms with E-state index in [2.05, 4.69) is 73.9 Å². The second-order valence-electron chi connectivity index (χ2n) is 15.3. The molecule has 14 heteroatoms. The summed E-state index contributed by atoms with van der Waals surface area (Å²) in [5.74, 6) is 1.05. The zero-order chi connectivity index (χ0) is 46.6. The molecule has 0 bridgehead atoms. The number of urea groups is 1. The number of hydrogen-bond donors (Lipinski definition) is 3. The highest BCUT2D eigenvalue weighted by atomic mass is 32.2. The van der Waals surface area contributed by atoms with Gasteiger partial charge in [0.15, 0.2) is 0 Å². The van der Waals surface area contributed by atoms with Gasteiger partial charge in [-0.15, -0.1) is 0 Å². The third-order valence-electron chi connectivity index (χ3n) is 9.35. The lowest BCUT2D eigenvalue weighted by molar-refractivity contribution is -0.123. The third kappa shape index (κ3) is 22.1. The number of nitrogens with one attached hydrogen (secondary N) is 3. The van der Waals surface area contributed by atoms with Gasteiger partial charge < -0.3 is 25.2 Å². The molecular formula is C46H85N7O6S. The van der Waals surface area contributed by atoms with Crippen molar-refractivity contribution in [1.82, 2.24) is 29.5 Å². The van der Waals surface area contributed by atoms with E-state index in [1.54, 1.807) is 19.2 Å². The minimum Gasteiger partial charge on any atom is -0.497 e. The lowest BCUT2D eigenvalue weighted by atomic mass is 9.93. The van der Waals surface area contributed by atoms with Crippen LogP contribution in [0.4, 0.5) is 10.5 Å². The second-order valence-corrected chi connectivity index (χ2v) is 17.1. The monoisotopic (exact) mass is 864 g/mol. The number of methoxy groups -OCH3 is 1. The number of hydrogen-bond acceptors (Lipinski definition) is 8. The summed E-state index contributed by atoms with van der Waals surface area (Å²) < 4.78 is 31.9. The van der Waals surface area contributed by atoms with Gasteiger partial charge in [-0.1, -0.05) is 101 Å². The molecule has 3 N–H and O–H groups in total.